The molecule has 124 valence electrons. The van der Waals surface area contributed by atoms with E-state index in [-0.39, 0.29) is 5.41 Å². The monoisotopic (exact) mass is 317 g/mol. The normalized spacial score (nSPS) is 14.1. The lowest BCUT2D eigenvalue weighted by Crippen LogP contribution is -2.35. The van der Waals surface area contributed by atoms with E-state index in [9.17, 15) is 9.90 Å². The van der Waals surface area contributed by atoms with Crippen LogP contribution in [-0.2, 0) is 4.74 Å². The van der Waals surface area contributed by atoms with Crippen molar-refractivity contribution in [2.75, 3.05) is 7.11 Å². The molecule has 2 atom stereocenters. The summed E-state index contributed by atoms with van der Waals surface area (Å²) in [5.74, 6) is 0.174. The van der Waals surface area contributed by atoms with E-state index in [1.807, 2.05) is 32.9 Å². The van der Waals surface area contributed by atoms with Crippen molar-refractivity contribution in [3.05, 3.63) is 53.9 Å². The van der Waals surface area contributed by atoms with Crippen LogP contribution in [0.3, 0.4) is 0 Å². The van der Waals surface area contributed by atoms with Crippen molar-refractivity contribution in [2.24, 2.45) is 5.41 Å². The maximum absolute atomic E-state index is 11.5. The molecule has 0 saturated heterocycles. The van der Waals surface area contributed by atoms with Crippen LogP contribution in [0.2, 0.25) is 0 Å². The Morgan fingerprint density at radius 2 is 1.83 bits per heavy atom. The molecule has 1 aromatic carbocycles. The standard InChI is InChI=1S/C18H23NO4/c1-18(2,3)16(20)15(14-6-5-11-19-14)23-13-9-7-12(8-10-13)17(21)22-4/h5-11,15-16,19-20H,1-4H3. The first-order chi connectivity index (χ1) is 10.8. The summed E-state index contributed by atoms with van der Waals surface area (Å²) >= 11 is 0. The van der Waals surface area contributed by atoms with Crippen molar-refractivity contribution in [3.8, 4) is 5.75 Å². The Hall–Kier alpha value is -2.27. The first kappa shape index (κ1) is 17.1. The van der Waals surface area contributed by atoms with E-state index in [0.29, 0.717) is 11.3 Å². The van der Waals surface area contributed by atoms with E-state index in [1.54, 1.807) is 30.5 Å². The van der Waals surface area contributed by atoms with Gasteiger partial charge in [0.1, 0.15) is 11.9 Å². The molecule has 2 aromatic rings. The Balaban J connectivity index is 2.23. The van der Waals surface area contributed by atoms with Gasteiger partial charge in [-0.15, -0.1) is 0 Å². The second kappa shape index (κ2) is 6.87. The van der Waals surface area contributed by atoms with Crippen LogP contribution in [-0.4, -0.2) is 29.3 Å². The van der Waals surface area contributed by atoms with Crippen LogP contribution >= 0.6 is 0 Å². The van der Waals surface area contributed by atoms with Crippen LogP contribution in [0, 0.1) is 5.41 Å². The summed E-state index contributed by atoms with van der Waals surface area (Å²) in [4.78, 5) is 14.6. The molecule has 5 nitrogen and oxygen atoms in total. The molecule has 0 fully saturated rings. The lowest BCUT2D eigenvalue weighted by Gasteiger charge is -2.32. The van der Waals surface area contributed by atoms with Crippen molar-refractivity contribution >= 4 is 5.97 Å². The number of carbonyl (C=O) groups is 1. The van der Waals surface area contributed by atoms with E-state index in [2.05, 4.69) is 9.72 Å². The summed E-state index contributed by atoms with van der Waals surface area (Å²) in [6, 6.07) is 10.4. The largest absolute Gasteiger partial charge is 0.481 e. The average Bonchev–Trinajstić information content (AvgIpc) is 3.05. The molecule has 0 bridgehead atoms. The maximum atomic E-state index is 11.5. The van der Waals surface area contributed by atoms with Gasteiger partial charge in [0, 0.05) is 6.20 Å². The zero-order valence-corrected chi connectivity index (χ0v) is 13.9. The van der Waals surface area contributed by atoms with Gasteiger partial charge in [0.2, 0.25) is 0 Å². The number of hydrogen-bond acceptors (Lipinski definition) is 4. The third kappa shape index (κ3) is 4.13. The number of methoxy groups -OCH3 is 1. The van der Waals surface area contributed by atoms with Crippen LogP contribution in [0.25, 0.3) is 0 Å². The predicted octanol–water partition coefficient (Wildman–Crippen LogP) is 3.33. The highest BCUT2D eigenvalue weighted by Crippen LogP contribution is 2.33. The smallest absolute Gasteiger partial charge is 0.337 e. The number of ether oxygens (including phenoxy) is 2. The van der Waals surface area contributed by atoms with Crippen molar-refractivity contribution in [3.63, 3.8) is 0 Å². The van der Waals surface area contributed by atoms with E-state index < -0.39 is 18.2 Å². The molecule has 2 rings (SSSR count). The minimum absolute atomic E-state index is 0.346. The quantitative estimate of drug-likeness (QED) is 0.830. The first-order valence-corrected chi connectivity index (χ1v) is 7.49. The molecule has 0 spiro atoms. The summed E-state index contributed by atoms with van der Waals surface area (Å²) < 4.78 is 10.7. The number of carbonyl (C=O) groups excluding carboxylic acids is 1. The van der Waals surface area contributed by atoms with Gasteiger partial charge >= 0.3 is 5.97 Å². The van der Waals surface area contributed by atoms with Gasteiger partial charge in [-0.05, 0) is 41.8 Å². The number of H-pyrrole nitrogens is 1. The van der Waals surface area contributed by atoms with Gasteiger partial charge in [-0.1, -0.05) is 20.8 Å². The molecule has 2 unspecified atom stereocenters. The Labute approximate surface area is 136 Å². The highest BCUT2D eigenvalue weighted by molar-refractivity contribution is 5.89. The second-order valence-corrected chi connectivity index (χ2v) is 6.49. The Bertz CT molecular complexity index is 626. The number of aromatic amines is 1. The van der Waals surface area contributed by atoms with E-state index in [1.165, 1.54) is 7.11 Å². The topological polar surface area (TPSA) is 71.5 Å². The average molecular weight is 317 g/mol. The Morgan fingerprint density at radius 3 is 2.30 bits per heavy atom. The van der Waals surface area contributed by atoms with Gasteiger partial charge in [0.05, 0.1) is 18.4 Å². The zero-order valence-electron chi connectivity index (χ0n) is 13.9. The van der Waals surface area contributed by atoms with Gasteiger partial charge in [0.25, 0.3) is 0 Å². The van der Waals surface area contributed by atoms with Crippen LogP contribution < -0.4 is 4.74 Å². The molecule has 2 N–H and O–H groups in total. The van der Waals surface area contributed by atoms with Crippen molar-refractivity contribution in [1.29, 1.82) is 0 Å². The molecular weight excluding hydrogens is 294 g/mol. The molecule has 0 aliphatic carbocycles. The molecule has 1 aromatic heterocycles. The first-order valence-electron chi connectivity index (χ1n) is 7.49. The fourth-order valence-corrected chi connectivity index (χ4v) is 2.21. The van der Waals surface area contributed by atoms with E-state index >= 15 is 0 Å². The van der Waals surface area contributed by atoms with Gasteiger partial charge in [-0.25, -0.2) is 4.79 Å². The number of rotatable bonds is 5. The molecule has 0 aliphatic heterocycles. The Morgan fingerprint density at radius 1 is 1.17 bits per heavy atom. The van der Waals surface area contributed by atoms with Crippen LogP contribution in [0.1, 0.15) is 42.9 Å². The SMILES string of the molecule is COC(=O)c1ccc(OC(c2ccc[nH]2)C(O)C(C)(C)C)cc1. The zero-order chi connectivity index (χ0) is 17.0. The van der Waals surface area contributed by atoms with Crippen LogP contribution in [0.5, 0.6) is 5.75 Å². The number of aliphatic hydroxyl groups is 1. The summed E-state index contributed by atoms with van der Waals surface area (Å²) in [5, 5.41) is 10.6. The fourth-order valence-electron chi connectivity index (χ4n) is 2.21. The Kier molecular flexibility index (Phi) is 5.11. The number of aliphatic hydroxyl groups excluding tert-OH is 1. The summed E-state index contributed by atoms with van der Waals surface area (Å²) in [5.41, 5.74) is 0.902. The summed E-state index contributed by atoms with van der Waals surface area (Å²) in [6.45, 7) is 5.87. The van der Waals surface area contributed by atoms with Crippen LogP contribution in [0.15, 0.2) is 42.6 Å². The number of esters is 1. The summed E-state index contributed by atoms with van der Waals surface area (Å²) in [7, 11) is 1.34. The van der Waals surface area contributed by atoms with Gasteiger partial charge in [0.15, 0.2) is 6.10 Å². The van der Waals surface area contributed by atoms with Crippen molar-refractivity contribution < 1.29 is 19.4 Å². The van der Waals surface area contributed by atoms with Crippen LogP contribution in [0.4, 0.5) is 0 Å². The van der Waals surface area contributed by atoms with Crippen molar-refractivity contribution in [1.82, 2.24) is 4.98 Å². The second-order valence-electron chi connectivity index (χ2n) is 6.49. The van der Waals surface area contributed by atoms with E-state index in [0.717, 1.165) is 5.69 Å². The molecule has 23 heavy (non-hydrogen) atoms. The molecular formula is C18H23NO4. The molecule has 0 radical (unpaired) electrons. The molecule has 5 heteroatoms. The summed E-state index contributed by atoms with van der Waals surface area (Å²) in [6.07, 6.45) is 0.553. The maximum Gasteiger partial charge on any atom is 0.337 e. The van der Waals surface area contributed by atoms with Crippen molar-refractivity contribution in [2.45, 2.75) is 33.0 Å². The minimum atomic E-state index is -0.707. The minimum Gasteiger partial charge on any atom is -0.481 e. The molecule has 1 heterocycles. The number of aromatic nitrogens is 1. The van der Waals surface area contributed by atoms with Gasteiger partial charge in [-0.2, -0.15) is 0 Å². The number of hydrogen-bond donors (Lipinski definition) is 2. The highest BCUT2D eigenvalue weighted by Gasteiger charge is 2.33. The molecule has 0 saturated carbocycles. The highest BCUT2D eigenvalue weighted by atomic mass is 16.5. The van der Waals surface area contributed by atoms with Gasteiger partial charge in [-0.3, -0.25) is 0 Å². The van der Waals surface area contributed by atoms with Gasteiger partial charge < -0.3 is 19.6 Å². The number of benzene rings is 1. The predicted molar refractivity (Wildman–Crippen MR) is 87.4 cm³/mol. The van der Waals surface area contributed by atoms with E-state index in [4.69, 9.17) is 4.74 Å². The lowest BCUT2D eigenvalue weighted by molar-refractivity contribution is -0.0348. The third-order valence-corrected chi connectivity index (χ3v) is 3.64. The molecule has 0 aliphatic rings. The fraction of sp³-hybridized carbons (Fsp3) is 0.389. The third-order valence-electron chi connectivity index (χ3n) is 3.64. The lowest BCUT2D eigenvalue weighted by atomic mass is 9.85. The molecule has 0 amide bonds. The number of nitrogens with one attached hydrogen (secondary N) is 1.